The van der Waals surface area contributed by atoms with Crippen LogP contribution in [0.25, 0.3) is 0 Å². The van der Waals surface area contributed by atoms with E-state index in [1.165, 1.54) is 321 Å². The van der Waals surface area contributed by atoms with Crippen LogP contribution in [0.4, 0.5) is 0 Å². The quantitative estimate of drug-likeness (QED) is 0.0562. The van der Waals surface area contributed by atoms with Crippen LogP contribution in [0.3, 0.4) is 0 Å². The molecule has 3 heteroatoms. The van der Waals surface area contributed by atoms with Gasteiger partial charge < -0.3 is 19.8 Å². The van der Waals surface area contributed by atoms with Crippen LogP contribution in [0, 0.1) is 0 Å². The highest BCUT2D eigenvalue weighted by atomic mass is 32.3. The topological polar surface area (TPSA) is 8.88 Å². The van der Waals surface area contributed by atoms with Gasteiger partial charge in [-0.1, -0.05) is 350 Å². The van der Waals surface area contributed by atoms with Crippen molar-refractivity contribution in [2.24, 2.45) is 0 Å². The summed E-state index contributed by atoms with van der Waals surface area (Å²) in [4.78, 5) is 3.18. The van der Waals surface area contributed by atoms with E-state index in [1.807, 2.05) is 0 Å². The maximum atomic E-state index is 2.34. The molecule has 0 aliphatic carbocycles. The average molecular weight is 1030 g/mol. The van der Waals surface area contributed by atoms with Gasteiger partial charge in [-0.3, -0.25) is 0 Å². The summed E-state index contributed by atoms with van der Waals surface area (Å²) in [5.41, 5.74) is 0. The Balaban J connectivity index is -0.00000125. The molecular weight excluding hydrogens is 877 g/mol. The molecule has 0 aromatic rings. The van der Waals surface area contributed by atoms with E-state index in [1.54, 1.807) is 58.5 Å². The molecule has 0 aliphatic heterocycles. The molecule has 0 amide bonds. The Hall–Kier alpha value is 0.270. The molecule has 0 heterocycles. The molecule has 0 rings (SSSR count). The molecule has 0 spiro atoms. The second-order valence-corrected chi connectivity index (χ2v) is 28.3. The lowest BCUT2D eigenvalue weighted by atomic mass is 10.1. The fourth-order valence-electron chi connectivity index (χ4n) is 10.7. The minimum absolute atomic E-state index is 0.402. The second-order valence-electron chi connectivity index (χ2n) is 24.2. The Morgan fingerprint density at radius 3 is 0.437 bits per heavy atom. The zero-order chi connectivity index (χ0) is 52.7. The lowest BCUT2D eigenvalue weighted by Gasteiger charge is -2.71. The Kier molecular flexibility index (Phi) is 72.6. The van der Waals surface area contributed by atoms with Gasteiger partial charge in [0.15, 0.2) is 0 Å². The first kappa shape index (κ1) is 75.5. The van der Waals surface area contributed by atoms with Crippen molar-refractivity contribution in [2.45, 2.75) is 375 Å². The molecule has 2 N–H and O–H groups in total. The summed E-state index contributed by atoms with van der Waals surface area (Å²) in [5.74, 6) is 6.52. The summed E-state index contributed by atoms with van der Waals surface area (Å²) in [6, 6.07) is 0. The summed E-state index contributed by atoms with van der Waals surface area (Å²) >= 11 is 0. The highest BCUT2D eigenvalue weighted by Gasteiger charge is 2.03. The molecule has 0 aliphatic rings. The Bertz CT molecular complexity index is 759. The van der Waals surface area contributed by atoms with Gasteiger partial charge in [-0.05, 0) is 25.7 Å². The van der Waals surface area contributed by atoms with Crippen LogP contribution in [0.2, 0.25) is 0 Å². The average Bonchev–Trinajstić information content (AvgIpc) is 3.36. The van der Waals surface area contributed by atoms with Crippen LogP contribution in [-0.4, -0.2) is 64.3 Å². The summed E-state index contributed by atoms with van der Waals surface area (Å²) in [6.07, 6.45) is 76.4. The standard InChI is InChI=1S/C40H84S.2C14H31N/c1-5-9-13-17-21-25-29-33-37-41(38-34-30-26-22-18-14-10-6-2,39-35-31-27-23-19-15-11-7-3)40-36-32-28-24-20-16-12-8-4;2*1-4-5-6-7-8-9-10-11-12-13-14-15(2)3/h5-40H2,1-4H3;2*4-14H2,1-3H3/q-2;;/p+2. The van der Waals surface area contributed by atoms with Crippen molar-refractivity contribution < 1.29 is 9.80 Å². The molecule has 0 unspecified atom stereocenters. The van der Waals surface area contributed by atoms with Crippen LogP contribution in [0.15, 0.2) is 0 Å². The molecule has 0 aromatic heterocycles. The third-order valence-electron chi connectivity index (χ3n) is 15.8. The van der Waals surface area contributed by atoms with E-state index in [2.05, 4.69) is 69.7 Å². The second kappa shape index (κ2) is 68.3. The van der Waals surface area contributed by atoms with Gasteiger partial charge in [-0.25, -0.2) is 23.0 Å². The van der Waals surface area contributed by atoms with Gasteiger partial charge in [0.05, 0.1) is 41.3 Å². The maximum absolute atomic E-state index is 2.34. The van der Waals surface area contributed by atoms with Crippen molar-refractivity contribution in [3.63, 3.8) is 0 Å². The van der Waals surface area contributed by atoms with Crippen molar-refractivity contribution in [3.8, 4) is 0 Å². The van der Waals surface area contributed by atoms with Crippen molar-refractivity contribution in [2.75, 3.05) is 64.3 Å². The van der Waals surface area contributed by atoms with Crippen LogP contribution in [0.1, 0.15) is 375 Å². The Morgan fingerprint density at radius 2 is 0.296 bits per heavy atom. The monoisotopic (exact) mass is 1030 g/mol. The first-order chi connectivity index (χ1) is 34.8. The van der Waals surface area contributed by atoms with Crippen molar-refractivity contribution in [1.29, 1.82) is 0 Å². The number of nitrogens with one attached hydrogen (secondary N) is 2. The number of quaternary nitrogens is 2. The molecule has 0 atom stereocenters. The number of hydrogen-bond donors (Lipinski definition) is 2. The molecule has 436 valence electrons. The van der Waals surface area contributed by atoms with E-state index in [4.69, 9.17) is 0 Å². The lowest BCUT2D eigenvalue weighted by molar-refractivity contribution is -0.858. The molecule has 0 saturated carbocycles. The molecule has 0 saturated heterocycles. The van der Waals surface area contributed by atoms with Crippen LogP contribution in [0.5, 0.6) is 0 Å². The first-order valence-electron chi connectivity index (χ1n) is 34.1. The van der Waals surface area contributed by atoms with E-state index < -0.39 is 10.0 Å². The van der Waals surface area contributed by atoms with E-state index in [0.29, 0.717) is 0 Å². The van der Waals surface area contributed by atoms with Gasteiger partial charge >= 0.3 is 0 Å². The minimum Gasteiger partial charge on any atom is -0.733 e. The van der Waals surface area contributed by atoms with Gasteiger partial charge in [0.1, 0.15) is 0 Å². The lowest BCUT2D eigenvalue weighted by Crippen LogP contribution is -3.05. The Morgan fingerprint density at radius 1 is 0.169 bits per heavy atom. The van der Waals surface area contributed by atoms with E-state index in [-0.39, 0.29) is 0 Å². The SMILES string of the molecule is CCCCCCCCCCCC[NH+](C)C.CCCCCCCCCCCC[NH+](C)C.CCCCCCCCCC[S-2](CCCCCCCCCC)(CCCCCCCCCC)CCCCCCCCCC. The van der Waals surface area contributed by atoms with E-state index in [0.717, 1.165) is 0 Å². The highest BCUT2D eigenvalue weighted by Crippen LogP contribution is 2.29. The van der Waals surface area contributed by atoms with Crippen molar-refractivity contribution >= 4 is 10.0 Å². The van der Waals surface area contributed by atoms with Crippen LogP contribution < -0.4 is 9.80 Å². The third-order valence-corrected chi connectivity index (χ3v) is 20.4. The third kappa shape index (κ3) is 70.3. The molecule has 2 nitrogen and oxygen atoms in total. The normalized spacial score (nSPS) is 11.9. The predicted octanol–water partition coefficient (Wildman–Crippen LogP) is 20.8. The van der Waals surface area contributed by atoms with Crippen LogP contribution >= 0.6 is 0 Å². The summed E-state index contributed by atoms with van der Waals surface area (Å²) in [5, 5.41) is 0. The Labute approximate surface area is 457 Å². The highest BCUT2D eigenvalue weighted by molar-refractivity contribution is 8.14. The number of hydrogen-bond acceptors (Lipinski definition) is 0. The molecule has 0 aromatic carbocycles. The van der Waals surface area contributed by atoms with Gasteiger partial charge in [-0.15, -0.1) is 0 Å². The summed E-state index contributed by atoms with van der Waals surface area (Å²) < 4.78 is 0. The molecule has 0 radical (unpaired) electrons. The molecule has 71 heavy (non-hydrogen) atoms. The summed E-state index contributed by atoms with van der Waals surface area (Å²) in [6.45, 7) is 16.6. The fraction of sp³-hybridized carbons (Fsp3) is 1.00. The minimum atomic E-state index is -0.402. The smallest absolute Gasteiger partial charge is 0.0766 e. The van der Waals surface area contributed by atoms with Gasteiger partial charge in [-0.2, -0.15) is 0 Å². The van der Waals surface area contributed by atoms with Crippen LogP contribution in [-0.2, 0) is 10.0 Å². The van der Waals surface area contributed by atoms with E-state index >= 15 is 0 Å². The summed E-state index contributed by atoms with van der Waals surface area (Å²) in [7, 11) is 8.57. The molecular formula is C68H148N2S. The van der Waals surface area contributed by atoms with Gasteiger partial charge in [0.25, 0.3) is 0 Å². The first-order valence-corrected chi connectivity index (χ1v) is 36.4. The van der Waals surface area contributed by atoms with Gasteiger partial charge in [0, 0.05) is 0 Å². The fourth-order valence-corrected chi connectivity index (χ4v) is 15.2. The predicted molar refractivity (Wildman–Crippen MR) is 336 cm³/mol. The number of unbranched alkanes of at least 4 members (excludes halogenated alkanes) is 46. The van der Waals surface area contributed by atoms with Crippen molar-refractivity contribution in [3.05, 3.63) is 0 Å². The zero-order valence-electron chi connectivity index (χ0n) is 52.4. The maximum Gasteiger partial charge on any atom is 0.0766 e. The van der Waals surface area contributed by atoms with Crippen molar-refractivity contribution in [1.82, 2.24) is 0 Å². The van der Waals surface area contributed by atoms with Gasteiger partial charge in [0.2, 0.25) is 0 Å². The molecule has 0 fully saturated rings. The number of rotatable bonds is 58. The van der Waals surface area contributed by atoms with E-state index in [9.17, 15) is 0 Å². The largest absolute Gasteiger partial charge is 0.733 e. The zero-order valence-corrected chi connectivity index (χ0v) is 53.2. The molecule has 0 bridgehead atoms.